The van der Waals surface area contributed by atoms with Crippen LogP contribution in [0.2, 0.25) is 0 Å². The Morgan fingerprint density at radius 2 is 1.95 bits per heavy atom. The third-order valence-electron chi connectivity index (χ3n) is 5.01. The first kappa shape index (κ1) is 17.4. The van der Waals surface area contributed by atoms with Crippen LogP contribution in [0.1, 0.15) is 59.8 Å². The van der Waals surface area contributed by atoms with E-state index < -0.39 is 5.54 Å². The van der Waals surface area contributed by atoms with E-state index in [0.29, 0.717) is 11.5 Å². The number of hydrogen-bond acceptors (Lipinski definition) is 3. The third-order valence-corrected chi connectivity index (χ3v) is 5.01. The van der Waals surface area contributed by atoms with Gasteiger partial charge in [-0.15, -0.1) is 0 Å². The first-order valence-electron chi connectivity index (χ1n) is 7.95. The highest BCUT2D eigenvalue weighted by Gasteiger charge is 2.32. The van der Waals surface area contributed by atoms with Gasteiger partial charge in [0.1, 0.15) is 0 Å². The molecular formula is C16H33N3O. The first-order chi connectivity index (χ1) is 9.20. The van der Waals surface area contributed by atoms with Gasteiger partial charge in [0.25, 0.3) is 0 Å². The van der Waals surface area contributed by atoms with Crippen molar-refractivity contribution < 1.29 is 4.79 Å². The summed E-state index contributed by atoms with van der Waals surface area (Å²) in [5.74, 6) is -0.252. The fourth-order valence-corrected chi connectivity index (χ4v) is 3.10. The lowest BCUT2D eigenvalue weighted by Crippen LogP contribution is -2.54. The second-order valence-electron chi connectivity index (χ2n) is 7.35. The molecule has 1 rings (SSSR count). The van der Waals surface area contributed by atoms with Gasteiger partial charge in [-0.2, -0.15) is 0 Å². The number of carbonyl (C=O) groups excluding carboxylic acids is 1. The van der Waals surface area contributed by atoms with Gasteiger partial charge in [-0.25, -0.2) is 0 Å². The molecule has 1 atom stereocenters. The number of nitrogens with two attached hydrogens (primary N) is 1. The lowest BCUT2D eigenvalue weighted by atomic mass is 9.75. The first-order valence-corrected chi connectivity index (χ1v) is 7.95. The minimum absolute atomic E-state index is 0.252. The maximum absolute atomic E-state index is 11.6. The second-order valence-corrected chi connectivity index (χ2v) is 7.35. The van der Waals surface area contributed by atoms with Crippen LogP contribution in [0.5, 0.6) is 0 Å². The third kappa shape index (κ3) is 4.74. The minimum Gasteiger partial charge on any atom is -0.368 e. The SMILES string of the molecule is CCNC(C)(CCN(C)C1CCC(C)(C)CC1)C(N)=O. The van der Waals surface area contributed by atoms with Crippen molar-refractivity contribution in [1.29, 1.82) is 0 Å². The molecule has 0 aromatic rings. The van der Waals surface area contributed by atoms with E-state index in [1.165, 1.54) is 25.7 Å². The summed E-state index contributed by atoms with van der Waals surface area (Å²) < 4.78 is 0. The van der Waals surface area contributed by atoms with Crippen LogP contribution in [-0.2, 0) is 4.79 Å². The van der Waals surface area contributed by atoms with Gasteiger partial charge in [0.2, 0.25) is 5.91 Å². The number of likely N-dealkylation sites (N-methyl/N-ethyl adjacent to an activating group) is 1. The number of hydrogen-bond donors (Lipinski definition) is 2. The standard InChI is InChI=1S/C16H33N3O/c1-6-18-16(4,14(17)20)11-12-19(5)13-7-9-15(2,3)10-8-13/h13,18H,6-12H2,1-5H3,(H2,17,20). The Morgan fingerprint density at radius 3 is 2.40 bits per heavy atom. The van der Waals surface area contributed by atoms with Crippen LogP contribution < -0.4 is 11.1 Å². The molecule has 1 unspecified atom stereocenters. The Hall–Kier alpha value is -0.610. The van der Waals surface area contributed by atoms with E-state index in [1.807, 2.05) is 13.8 Å². The molecular weight excluding hydrogens is 250 g/mol. The highest BCUT2D eigenvalue weighted by Crippen LogP contribution is 2.36. The molecule has 4 nitrogen and oxygen atoms in total. The lowest BCUT2D eigenvalue weighted by molar-refractivity contribution is -0.124. The molecule has 0 bridgehead atoms. The molecule has 0 radical (unpaired) electrons. The molecule has 3 N–H and O–H groups in total. The largest absolute Gasteiger partial charge is 0.368 e. The Labute approximate surface area is 124 Å². The summed E-state index contributed by atoms with van der Waals surface area (Å²) in [6.45, 7) is 10.3. The second kappa shape index (κ2) is 6.90. The summed E-state index contributed by atoms with van der Waals surface area (Å²) in [5.41, 5.74) is 5.45. The van der Waals surface area contributed by atoms with Gasteiger partial charge in [0, 0.05) is 12.6 Å². The zero-order valence-corrected chi connectivity index (χ0v) is 14.0. The maximum atomic E-state index is 11.6. The number of rotatable bonds is 7. The summed E-state index contributed by atoms with van der Waals surface area (Å²) in [6.07, 6.45) is 5.88. The van der Waals surface area contributed by atoms with E-state index in [2.05, 4.69) is 31.1 Å². The Bertz CT molecular complexity index is 320. The van der Waals surface area contributed by atoms with Crippen LogP contribution in [-0.4, -0.2) is 42.5 Å². The van der Waals surface area contributed by atoms with Crippen molar-refractivity contribution >= 4 is 5.91 Å². The summed E-state index contributed by atoms with van der Waals surface area (Å²) >= 11 is 0. The van der Waals surface area contributed by atoms with Crippen molar-refractivity contribution in [3.8, 4) is 0 Å². The molecule has 0 saturated heterocycles. The topological polar surface area (TPSA) is 58.4 Å². The van der Waals surface area contributed by atoms with Crippen molar-refractivity contribution in [2.45, 2.75) is 71.4 Å². The Kier molecular flexibility index (Phi) is 6.02. The predicted octanol–water partition coefficient (Wildman–Crippen LogP) is 2.13. The van der Waals surface area contributed by atoms with Gasteiger partial charge in [-0.05, 0) is 58.0 Å². The predicted molar refractivity (Wildman–Crippen MR) is 84.6 cm³/mol. The molecule has 0 aromatic heterocycles. The van der Waals surface area contributed by atoms with Crippen molar-refractivity contribution in [1.82, 2.24) is 10.2 Å². The number of primary amides is 1. The lowest BCUT2D eigenvalue weighted by Gasteiger charge is -2.39. The normalized spacial score (nSPS) is 22.7. The van der Waals surface area contributed by atoms with Crippen LogP contribution >= 0.6 is 0 Å². The van der Waals surface area contributed by atoms with Gasteiger partial charge in [-0.1, -0.05) is 20.8 Å². The van der Waals surface area contributed by atoms with Crippen molar-refractivity contribution in [3.05, 3.63) is 0 Å². The fourth-order valence-electron chi connectivity index (χ4n) is 3.10. The van der Waals surface area contributed by atoms with Crippen LogP contribution in [0.25, 0.3) is 0 Å². The van der Waals surface area contributed by atoms with E-state index in [9.17, 15) is 4.79 Å². The quantitative estimate of drug-likeness (QED) is 0.752. The maximum Gasteiger partial charge on any atom is 0.237 e. The van der Waals surface area contributed by atoms with Crippen LogP contribution in [0.15, 0.2) is 0 Å². The average molecular weight is 283 g/mol. The van der Waals surface area contributed by atoms with E-state index >= 15 is 0 Å². The molecule has 118 valence electrons. The molecule has 1 fully saturated rings. The van der Waals surface area contributed by atoms with Gasteiger partial charge in [-0.3, -0.25) is 4.79 Å². The fraction of sp³-hybridized carbons (Fsp3) is 0.938. The number of nitrogens with one attached hydrogen (secondary N) is 1. The van der Waals surface area contributed by atoms with Crippen molar-refractivity contribution in [2.24, 2.45) is 11.1 Å². The summed E-state index contributed by atoms with van der Waals surface area (Å²) in [7, 11) is 2.18. The molecule has 0 aliphatic heterocycles. The smallest absolute Gasteiger partial charge is 0.237 e. The Balaban J connectivity index is 2.46. The monoisotopic (exact) mass is 283 g/mol. The van der Waals surface area contributed by atoms with Crippen LogP contribution in [0, 0.1) is 5.41 Å². The van der Waals surface area contributed by atoms with Gasteiger partial charge < -0.3 is 16.0 Å². The van der Waals surface area contributed by atoms with Gasteiger partial charge in [0.15, 0.2) is 0 Å². The zero-order chi connectivity index (χ0) is 15.4. The molecule has 0 aromatic carbocycles. The van der Waals surface area contributed by atoms with E-state index in [-0.39, 0.29) is 5.91 Å². The van der Waals surface area contributed by atoms with Crippen molar-refractivity contribution in [3.63, 3.8) is 0 Å². The molecule has 0 spiro atoms. The van der Waals surface area contributed by atoms with E-state index in [0.717, 1.165) is 19.5 Å². The Morgan fingerprint density at radius 1 is 1.40 bits per heavy atom. The highest BCUT2D eigenvalue weighted by molar-refractivity contribution is 5.84. The van der Waals surface area contributed by atoms with Crippen LogP contribution in [0.4, 0.5) is 0 Å². The summed E-state index contributed by atoms with van der Waals surface area (Å²) in [6, 6.07) is 0.654. The molecule has 1 amide bonds. The minimum atomic E-state index is -0.586. The summed E-state index contributed by atoms with van der Waals surface area (Å²) in [5, 5.41) is 3.23. The molecule has 1 aliphatic carbocycles. The van der Waals surface area contributed by atoms with Crippen molar-refractivity contribution in [2.75, 3.05) is 20.1 Å². The van der Waals surface area contributed by atoms with E-state index in [4.69, 9.17) is 5.73 Å². The molecule has 1 saturated carbocycles. The average Bonchev–Trinajstić information content (AvgIpc) is 2.36. The summed E-state index contributed by atoms with van der Waals surface area (Å²) in [4.78, 5) is 14.0. The van der Waals surface area contributed by atoms with Crippen LogP contribution in [0.3, 0.4) is 0 Å². The highest BCUT2D eigenvalue weighted by atomic mass is 16.1. The number of carbonyl (C=O) groups is 1. The molecule has 1 aliphatic rings. The zero-order valence-electron chi connectivity index (χ0n) is 14.0. The molecule has 20 heavy (non-hydrogen) atoms. The van der Waals surface area contributed by atoms with Gasteiger partial charge >= 0.3 is 0 Å². The number of nitrogens with zero attached hydrogens (tertiary/aromatic N) is 1. The molecule has 0 heterocycles. The van der Waals surface area contributed by atoms with Gasteiger partial charge in [0.05, 0.1) is 5.54 Å². The number of amides is 1. The van der Waals surface area contributed by atoms with E-state index in [1.54, 1.807) is 0 Å². The molecule has 4 heteroatoms.